The fraction of sp³-hybridized carbons (Fsp3) is 0.0714. The summed E-state index contributed by atoms with van der Waals surface area (Å²) in [5.41, 5.74) is 2.42. The number of benzene rings is 2. The Morgan fingerprint density at radius 1 is 1.10 bits per heavy atom. The molecule has 104 valence electrons. The molecule has 0 bridgehead atoms. The molecule has 0 unspecified atom stereocenters. The standard InChI is InChI=1S/C14H11Cl2FN2S/c1-8-2-3-9(15)6-13(8)19-14(20)18-10-4-5-12(17)11(16)7-10/h2-7H,1H3,(H2,18,19,20). The summed E-state index contributed by atoms with van der Waals surface area (Å²) in [6.45, 7) is 1.94. The molecular formula is C14H11Cl2FN2S. The van der Waals surface area contributed by atoms with Crippen molar-refractivity contribution in [2.75, 3.05) is 10.6 Å². The van der Waals surface area contributed by atoms with Gasteiger partial charge in [0.25, 0.3) is 0 Å². The summed E-state index contributed by atoms with van der Waals surface area (Å²) in [5, 5.41) is 6.99. The van der Waals surface area contributed by atoms with Crippen molar-refractivity contribution in [1.82, 2.24) is 0 Å². The fourth-order valence-electron chi connectivity index (χ4n) is 1.59. The molecule has 0 atom stereocenters. The minimum atomic E-state index is -0.471. The lowest BCUT2D eigenvalue weighted by atomic mass is 10.2. The summed E-state index contributed by atoms with van der Waals surface area (Å²) in [6, 6.07) is 9.77. The van der Waals surface area contributed by atoms with Crippen molar-refractivity contribution >= 4 is 51.9 Å². The quantitative estimate of drug-likeness (QED) is 0.736. The lowest BCUT2D eigenvalue weighted by Crippen LogP contribution is -2.19. The van der Waals surface area contributed by atoms with Crippen molar-refractivity contribution in [1.29, 1.82) is 0 Å². The van der Waals surface area contributed by atoms with Crippen molar-refractivity contribution in [3.05, 3.63) is 57.8 Å². The highest BCUT2D eigenvalue weighted by molar-refractivity contribution is 7.80. The molecule has 2 aromatic rings. The molecule has 0 fully saturated rings. The molecule has 0 amide bonds. The van der Waals surface area contributed by atoms with Crippen LogP contribution in [0.25, 0.3) is 0 Å². The maximum atomic E-state index is 13.1. The van der Waals surface area contributed by atoms with Gasteiger partial charge in [0.15, 0.2) is 5.11 Å². The van der Waals surface area contributed by atoms with E-state index in [4.69, 9.17) is 35.4 Å². The van der Waals surface area contributed by atoms with Crippen LogP contribution in [0.4, 0.5) is 15.8 Å². The maximum absolute atomic E-state index is 13.1. The minimum absolute atomic E-state index is 0.0386. The van der Waals surface area contributed by atoms with E-state index in [9.17, 15) is 4.39 Å². The molecule has 0 heterocycles. The second-order valence-corrected chi connectivity index (χ2v) is 5.42. The summed E-state index contributed by atoms with van der Waals surface area (Å²) >= 11 is 16.8. The van der Waals surface area contributed by atoms with Gasteiger partial charge >= 0.3 is 0 Å². The highest BCUT2D eigenvalue weighted by Gasteiger charge is 2.05. The first-order valence-electron chi connectivity index (χ1n) is 5.75. The van der Waals surface area contributed by atoms with Gasteiger partial charge in [-0.25, -0.2) is 4.39 Å². The van der Waals surface area contributed by atoms with Gasteiger partial charge in [0.05, 0.1) is 5.02 Å². The molecule has 2 N–H and O–H groups in total. The number of thiocarbonyl (C=S) groups is 1. The van der Waals surface area contributed by atoms with Gasteiger partial charge in [-0.05, 0) is 55.0 Å². The number of anilines is 2. The van der Waals surface area contributed by atoms with Crippen LogP contribution in [-0.4, -0.2) is 5.11 Å². The molecule has 0 aliphatic carbocycles. The Hall–Kier alpha value is -1.36. The summed E-state index contributed by atoms with van der Waals surface area (Å²) in [5.74, 6) is -0.471. The minimum Gasteiger partial charge on any atom is -0.332 e. The topological polar surface area (TPSA) is 24.1 Å². The number of aryl methyl sites for hydroxylation is 1. The van der Waals surface area contributed by atoms with Gasteiger partial charge in [0.2, 0.25) is 0 Å². The van der Waals surface area contributed by atoms with E-state index >= 15 is 0 Å². The highest BCUT2D eigenvalue weighted by Crippen LogP contribution is 2.22. The van der Waals surface area contributed by atoms with E-state index in [0.29, 0.717) is 15.8 Å². The summed E-state index contributed by atoms with van der Waals surface area (Å²) in [7, 11) is 0. The van der Waals surface area contributed by atoms with Crippen molar-refractivity contribution in [2.45, 2.75) is 6.92 Å². The van der Waals surface area contributed by atoms with Crippen molar-refractivity contribution in [2.24, 2.45) is 0 Å². The van der Waals surface area contributed by atoms with Crippen LogP contribution in [0.3, 0.4) is 0 Å². The molecule has 2 nitrogen and oxygen atoms in total. The number of hydrogen-bond donors (Lipinski definition) is 2. The highest BCUT2D eigenvalue weighted by atomic mass is 35.5. The van der Waals surface area contributed by atoms with E-state index in [1.54, 1.807) is 18.2 Å². The van der Waals surface area contributed by atoms with E-state index in [2.05, 4.69) is 10.6 Å². The first-order valence-corrected chi connectivity index (χ1v) is 6.91. The largest absolute Gasteiger partial charge is 0.332 e. The first-order chi connectivity index (χ1) is 9.45. The third kappa shape index (κ3) is 3.82. The molecule has 0 aromatic heterocycles. The monoisotopic (exact) mass is 328 g/mol. The summed E-state index contributed by atoms with van der Waals surface area (Å²) < 4.78 is 13.1. The Morgan fingerprint density at radius 2 is 1.85 bits per heavy atom. The molecule has 0 saturated carbocycles. The van der Waals surface area contributed by atoms with Crippen LogP contribution in [0.15, 0.2) is 36.4 Å². The van der Waals surface area contributed by atoms with Crippen LogP contribution in [0.1, 0.15) is 5.56 Å². The zero-order chi connectivity index (χ0) is 14.7. The lowest BCUT2D eigenvalue weighted by Gasteiger charge is -2.13. The predicted molar refractivity (Wildman–Crippen MR) is 87.4 cm³/mol. The van der Waals surface area contributed by atoms with Gasteiger partial charge < -0.3 is 10.6 Å². The molecule has 0 saturated heterocycles. The van der Waals surface area contributed by atoms with E-state index in [1.165, 1.54) is 12.1 Å². The summed E-state index contributed by atoms with van der Waals surface area (Å²) in [6.07, 6.45) is 0. The van der Waals surface area contributed by atoms with Crippen LogP contribution < -0.4 is 10.6 Å². The maximum Gasteiger partial charge on any atom is 0.175 e. The van der Waals surface area contributed by atoms with Crippen molar-refractivity contribution in [3.63, 3.8) is 0 Å². The van der Waals surface area contributed by atoms with Crippen LogP contribution >= 0.6 is 35.4 Å². The molecular weight excluding hydrogens is 318 g/mol. The summed E-state index contributed by atoms with van der Waals surface area (Å²) in [4.78, 5) is 0. The van der Waals surface area contributed by atoms with Gasteiger partial charge in [0, 0.05) is 16.4 Å². The van der Waals surface area contributed by atoms with E-state index in [0.717, 1.165) is 11.3 Å². The molecule has 0 aliphatic heterocycles. The Morgan fingerprint density at radius 3 is 2.55 bits per heavy atom. The number of rotatable bonds is 2. The molecule has 2 aromatic carbocycles. The van der Waals surface area contributed by atoms with Crippen molar-refractivity contribution in [3.8, 4) is 0 Å². The zero-order valence-corrected chi connectivity index (χ0v) is 12.8. The van der Waals surface area contributed by atoms with Crippen LogP contribution in [0.5, 0.6) is 0 Å². The average molecular weight is 329 g/mol. The van der Waals surface area contributed by atoms with Crippen LogP contribution in [-0.2, 0) is 0 Å². The normalized spacial score (nSPS) is 10.2. The molecule has 2 rings (SSSR count). The third-order valence-corrected chi connectivity index (χ3v) is 3.35. The Bertz CT molecular complexity index is 662. The van der Waals surface area contributed by atoms with Gasteiger partial charge in [-0.1, -0.05) is 29.3 Å². The molecule has 0 radical (unpaired) electrons. The van der Waals surface area contributed by atoms with Gasteiger partial charge in [-0.3, -0.25) is 0 Å². The molecule has 6 heteroatoms. The number of halogens is 3. The van der Waals surface area contributed by atoms with Gasteiger partial charge in [0.1, 0.15) is 5.82 Å². The lowest BCUT2D eigenvalue weighted by molar-refractivity contribution is 0.628. The average Bonchev–Trinajstić information content (AvgIpc) is 2.38. The second kappa shape index (κ2) is 6.39. The van der Waals surface area contributed by atoms with Gasteiger partial charge in [-0.2, -0.15) is 0 Å². The van der Waals surface area contributed by atoms with Crippen molar-refractivity contribution < 1.29 is 4.39 Å². The first kappa shape index (κ1) is 15.0. The smallest absolute Gasteiger partial charge is 0.175 e. The number of nitrogens with one attached hydrogen (secondary N) is 2. The molecule has 0 aliphatic rings. The van der Waals surface area contributed by atoms with Crippen LogP contribution in [0.2, 0.25) is 10.0 Å². The van der Waals surface area contributed by atoms with E-state index in [1.807, 2.05) is 13.0 Å². The molecule has 0 spiro atoms. The number of hydrogen-bond acceptors (Lipinski definition) is 1. The predicted octanol–water partition coefficient (Wildman–Crippen LogP) is 5.25. The Labute approximate surface area is 131 Å². The van der Waals surface area contributed by atoms with Crippen LogP contribution in [0, 0.1) is 12.7 Å². The zero-order valence-electron chi connectivity index (χ0n) is 10.5. The third-order valence-electron chi connectivity index (χ3n) is 2.63. The second-order valence-electron chi connectivity index (χ2n) is 4.17. The molecule has 20 heavy (non-hydrogen) atoms. The van der Waals surface area contributed by atoms with E-state index < -0.39 is 5.82 Å². The Balaban J connectivity index is 2.09. The fourth-order valence-corrected chi connectivity index (χ4v) is 2.17. The van der Waals surface area contributed by atoms with Gasteiger partial charge in [-0.15, -0.1) is 0 Å². The SMILES string of the molecule is Cc1ccc(Cl)cc1NC(=S)Nc1ccc(F)c(Cl)c1. The van der Waals surface area contributed by atoms with E-state index in [-0.39, 0.29) is 5.02 Å². The Kier molecular flexibility index (Phi) is 4.81.